The van der Waals surface area contributed by atoms with Gasteiger partial charge >= 0.3 is 12.1 Å². The van der Waals surface area contributed by atoms with Crippen LogP contribution in [-0.4, -0.2) is 41.3 Å². The molecule has 0 aromatic heterocycles. The average Bonchev–Trinajstić information content (AvgIpc) is 2.37. The van der Waals surface area contributed by atoms with Crippen LogP contribution in [0.5, 0.6) is 0 Å². The first-order valence-corrected chi connectivity index (χ1v) is 5.41. The number of hydrogen-bond acceptors (Lipinski definition) is 2. The van der Waals surface area contributed by atoms with Crippen LogP contribution in [0.4, 0.5) is 13.2 Å². The van der Waals surface area contributed by atoms with E-state index in [0.29, 0.717) is 19.4 Å². The Morgan fingerprint density at radius 1 is 1.44 bits per heavy atom. The summed E-state index contributed by atoms with van der Waals surface area (Å²) in [6.45, 7) is 2.18. The molecule has 16 heavy (non-hydrogen) atoms. The molecule has 6 heteroatoms. The van der Waals surface area contributed by atoms with Crippen molar-refractivity contribution in [2.24, 2.45) is 5.92 Å². The van der Waals surface area contributed by atoms with E-state index in [1.165, 1.54) is 4.90 Å². The summed E-state index contributed by atoms with van der Waals surface area (Å²) in [4.78, 5) is 12.1. The van der Waals surface area contributed by atoms with E-state index in [-0.39, 0.29) is 13.0 Å². The van der Waals surface area contributed by atoms with Gasteiger partial charge in [0.05, 0.1) is 5.92 Å². The van der Waals surface area contributed by atoms with Gasteiger partial charge in [0.25, 0.3) is 0 Å². The minimum Gasteiger partial charge on any atom is -0.481 e. The Kier molecular flexibility index (Phi) is 4.18. The SMILES string of the molecule is CCN1CCCC[C@H](C(=O)O)[C@H]1C(F)(F)F. The highest BCUT2D eigenvalue weighted by Gasteiger charge is 2.50. The van der Waals surface area contributed by atoms with Gasteiger partial charge in [0.1, 0.15) is 6.04 Å². The van der Waals surface area contributed by atoms with Gasteiger partial charge in [-0.3, -0.25) is 9.69 Å². The van der Waals surface area contributed by atoms with E-state index in [2.05, 4.69) is 0 Å². The molecule has 0 saturated carbocycles. The topological polar surface area (TPSA) is 40.5 Å². The van der Waals surface area contributed by atoms with Crippen molar-refractivity contribution in [3.8, 4) is 0 Å². The summed E-state index contributed by atoms with van der Waals surface area (Å²) in [5.41, 5.74) is 0. The van der Waals surface area contributed by atoms with Crippen LogP contribution in [0.2, 0.25) is 0 Å². The highest BCUT2D eigenvalue weighted by atomic mass is 19.4. The zero-order valence-corrected chi connectivity index (χ0v) is 9.13. The molecular formula is C10H16F3NO2. The quantitative estimate of drug-likeness (QED) is 0.802. The maximum atomic E-state index is 12.9. The monoisotopic (exact) mass is 239 g/mol. The van der Waals surface area contributed by atoms with Crippen molar-refractivity contribution < 1.29 is 23.1 Å². The van der Waals surface area contributed by atoms with Gasteiger partial charge in [-0.25, -0.2) is 0 Å². The minimum absolute atomic E-state index is 0.107. The lowest BCUT2D eigenvalue weighted by Crippen LogP contribution is -2.51. The second kappa shape index (κ2) is 5.03. The average molecular weight is 239 g/mol. The van der Waals surface area contributed by atoms with Crippen molar-refractivity contribution in [1.29, 1.82) is 0 Å². The van der Waals surface area contributed by atoms with E-state index in [9.17, 15) is 18.0 Å². The molecule has 1 saturated heterocycles. The first-order valence-electron chi connectivity index (χ1n) is 5.41. The molecule has 3 nitrogen and oxygen atoms in total. The van der Waals surface area contributed by atoms with Crippen LogP contribution < -0.4 is 0 Å². The molecule has 0 aromatic carbocycles. The maximum Gasteiger partial charge on any atom is 0.404 e. The lowest BCUT2D eigenvalue weighted by molar-refractivity contribution is -0.202. The molecule has 0 bridgehead atoms. The van der Waals surface area contributed by atoms with Crippen molar-refractivity contribution >= 4 is 5.97 Å². The summed E-state index contributed by atoms with van der Waals surface area (Å²) >= 11 is 0. The van der Waals surface area contributed by atoms with Gasteiger partial charge in [0, 0.05) is 0 Å². The highest BCUT2D eigenvalue weighted by Crippen LogP contribution is 2.35. The van der Waals surface area contributed by atoms with Crippen molar-refractivity contribution in [2.45, 2.75) is 38.4 Å². The van der Waals surface area contributed by atoms with Gasteiger partial charge < -0.3 is 5.11 Å². The second-order valence-corrected chi connectivity index (χ2v) is 4.06. The first-order chi connectivity index (χ1) is 7.38. The summed E-state index contributed by atoms with van der Waals surface area (Å²) in [5.74, 6) is -2.68. The molecule has 94 valence electrons. The van der Waals surface area contributed by atoms with Crippen LogP contribution in [-0.2, 0) is 4.79 Å². The van der Waals surface area contributed by atoms with Crippen LogP contribution in [0.25, 0.3) is 0 Å². The molecule has 1 N–H and O–H groups in total. The smallest absolute Gasteiger partial charge is 0.404 e. The molecule has 0 aromatic rings. The van der Waals surface area contributed by atoms with Gasteiger partial charge in [-0.05, 0) is 25.9 Å². The molecule has 0 radical (unpaired) electrons. The molecule has 1 heterocycles. The van der Waals surface area contributed by atoms with Crippen LogP contribution in [0, 0.1) is 5.92 Å². The van der Waals surface area contributed by atoms with Crippen molar-refractivity contribution in [3.63, 3.8) is 0 Å². The number of carboxylic acids is 1. The van der Waals surface area contributed by atoms with Gasteiger partial charge in [-0.1, -0.05) is 13.3 Å². The molecule has 0 amide bonds. The first kappa shape index (κ1) is 13.3. The molecule has 0 unspecified atom stereocenters. The second-order valence-electron chi connectivity index (χ2n) is 4.06. The molecule has 0 spiro atoms. The van der Waals surface area contributed by atoms with Crippen molar-refractivity contribution in [1.82, 2.24) is 4.90 Å². The van der Waals surface area contributed by atoms with E-state index in [1.54, 1.807) is 6.92 Å². The number of carbonyl (C=O) groups is 1. The lowest BCUT2D eigenvalue weighted by atomic mass is 9.94. The van der Waals surface area contributed by atoms with Crippen molar-refractivity contribution in [2.75, 3.05) is 13.1 Å². The fourth-order valence-electron chi connectivity index (χ4n) is 2.28. The number of rotatable bonds is 2. The summed E-state index contributed by atoms with van der Waals surface area (Å²) in [5, 5.41) is 8.88. The number of halogens is 3. The molecule has 1 aliphatic rings. The summed E-state index contributed by atoms with van der Waals surface area (Å²) in [6, 6.07) is -1.84. The number of aliphatic carboxylic acids is 1. The summed E-state index contributed by atoms with van der Waals surface area (Å²) < 4.78 is 38.6. The van der Waals surface area contributed by atoms with Crippen LogP contribution >= 0.6 is 0 Å². The van der Waals surface area contributed by atoms with Crippen LogP contribution in [0.15, 0.2) is 0 Å². The predicted octanol–water partition coefficient (Wildman–Crippen LogP) is 2.12. The molecule has 1 fully saturated rings. The fraction of sp³-hybridized carbons (Fsp3) is 0.900. The number of nitrogens with zero attached hydrogens (tertiary/aromatic N) is 1. The van der Waals surface area contributed by atoms with Crippen molar-refractivity contribution in [3.05, 3.63) is 0 Å². The van der Waals surface area contributed by atoms with E-state index in [0.717, 1.165) is 0 Å². The lowest BCUT2D eigenvalue weighted by Gasteiger charge is -2.33. The van der Waals surface area contributed by atoms with Crippen LogP contribution in [0.1, 0.15) is 26.2 Å². The molecular weight excluding hydrogens is 223 g/mol. The summed E-state index contributed by atoms with van der Waals surface area (Å²) in [6.07, 6.45) is -3.19. The third kappa shape index (κ3) is 2.87. The maximum absolute atomic E-state index is 12.9. The van der Waals surface area contributed by atoms with E-state index in [4.69, 9.17) is 5.11 Å². The zero-order chi connectivity index (χ0) is 12.3. The van der Waals surface area contributed by atoms with Gasteiger partial charge in [-0.2, -0.15) is 13.2 Å². The Hall–Kier alpha value is -0.780. The van der Waals surface area contributed by atoms with E-state index < -0.39 is 24.1 Å². The molecule has 0 aliphatic carbocycles. The Bertz CT molecular complexity index is 255. The molecule has 2 atom stereocenters. The highest BCUT2D eigenvalue weighted by molar-refractivity contribution is 5.71. The van der Waals surface area contributed by atoms with E-state index in [1.807, 2.05) is 0 Å². The third-order valence-electron chi connectivity index (χ3n) is 3.04. The van der Waals surface area contributed by atoms with Gasteiger partial charge in [0.15, 0.2) is 0 Å². The van der Waals surface area contributed by atoms with Crippen LogP contribution in [0.3, 0.4) is 0 Å². The normalized spacial score (nSPS) is 28.8. The Morgan fingerprint density at radius 3 is 2.50 bits per heavy atom. The Balaban J connectivity index is 2.99. The largest absolute Gasteiger partial charge is 0.481 e. The standard InChI is InChI=1S/C10H16F3NO2/c1-2-14-6-4-3-5-7(9(15)16)8(14)10(11,12)13/h7-8H,2-6H2,1H3,(H,15,16)/t7-,8-/m0/s1. The zero-order valence-electron chi connectivity index (χ0n) is 9.13. The van der Waals surface area contributed by atoms with E-state index >= 15 is 0 Å². The van der Waals surface area contributed by atoms with Gasteiger partial charge in [0.2, 0.25) is 0 Å². The Morgan fingerprint density at radius 2 is 2.06 bits per heavy atom. The Labute approximate surface area is 92.2 Å². The third-order valence-corrected chi connectivity index (χ3v) is 3.04. The molecule has 1 aliphatic heterocycles. The molecule has 1 rings (SSSR count). The van der Waals surface area contributed by atoms with Gasteiger partial charge in [-0.15, -0.1) is 0 Å². The number of hydrogen-bond donors (Lipinski definition) is 1. The summed E-state index contributed by atoms with van der Waals surface area (Å²) in [7, 11) is 0. The number of likely N-dealkylation sites (tertiary alicyclic amines) is 1. The number of alkyl halides is 3. The predicted molar refractivity (Wildman–Crippen MR) is 52.1 cm³/mol. The minimum atomic E-state index is -4.47. The number of carboxylic acid groups (broad SMARTS) is 1. The fourth-order valence-corrected chi connectivity index (χ4v) is 2.28.